The first-order chi connectivity index (χ1) is 52.2. The summed E-state index contributed by atoms with van der Waals surface area (Å²) in [4.78, 5) is 105. The predicted octanol–water partition coefficient (Wildman–Crippen LogP) is 10.5. The zero-order valence-corrected chi connectivity index (χ0v) is 76.1. The smallest absolute Gasteiger partial charge is 0.756 e. The molecule has 6 unspecified atom stereocenters. The molecule has 24 nitrogen and oxygen atoms in total. The summed E-state index contributed by atoms with van der Waals surface area (Å²) in [6.07, 6.45) is 46.4. The number of hydrogen-bond donors (Lipinski definition) is 6. The molecule has 0 spiro atoms. The van der Waals surface area contributed by atoms with E-state index < -0.39 is 90.4 Å². The second-order valence-electron chi connectivity index (χ2n) is 29.2. The Kier molecular flexibility index (Phi) is 83.0. The third kappa shape index (κ3) is 77.6. The van der Waals surface area contributed by atoms with E-state index in [1.807, 2.05) is 0 Å². The number of esters is 2. The second kappa shape index (κ2) is 81.1. The maximum atomic E-state index is 13.6. The molecule has 0 aromatic carbocycles. The number of ether oxygens (including phenoxy) is 4. The third-order valence-corrected chi connectivity index (χ3v) is 20.5. The average molecular weight is 1620 g/mol. The molecule has 8 atom stereocenters. The molecule has 0 aliphatic rings. The van der Waals surface area contributed by atoms with Gasteiger partial charge in [-0.1, -0.05) is 233 Å². The molecular formula is C82H154N4Na2O20P2. The predicted molar refractivity (Wildman–Crippen MR) is 425 cm³/mol. The normalized spacial score (nSPS) is 14.3. The minimum atomic E-state index is -4.94. The van der Waals surface area contributed by atoms with Crippen LogP contribution < -0.4 is 90.2 Å². The molecule has 0 aromatic heterocycles. The van der Waals surface area contributed by atoms with Crippen molar-refractivity contribution in [3.8, 4) is 0 Å². The minimum absolute atomic E-state index is 0. The maximum absolute atomic E-state index is 13.6. The van der Waals surface area contributed by atoms with E-state index in [4.69, 9.17) is 37.0 Å². The summed E-state index contributed by atoms with van der Waals surface area (Å²) in [5, 5.41) is 32.0. The summed E-state index contributed by atoms with van der Waals surface area (Å²) < 4.78 is 70.0. The number of amides is 4. The molecule has 4 amide bonds. The maximum Gasteiger partial charge on any atom is 1.00 e. The van der Waals surface area contributed by atoms with Crippen LogP contribution in [0.2, 0.25) is 0 Å². The zero-order valence-electron chi connectivity index (χ0n) is 70.3. The Bertz CT molecular complexity index is 2200. The van der Waals surface area contributed by atoms with Gasteiger partial charge in [0, 0.05) is 52.0 Å². The molecule has 0 saturated heterocycles. The molecule has 0 fully saturated rings. The van der Waals surface area contributed by atoms with E-state index in [0.29, 0.717) is 77.0 Å². The van der Waals surface area contributed by atoms with Crippen LogP contribution >= 0.6 is 15.6 Å². The molecule has 0 aromatic rings. The zero-order chi connectivity index (χ0) is 79.7. The number of aliphatic hydroxyl groups excluding tert-OH is 2. The number of nitrogens with one attached hydrogen (secondary N) is 4. The summed E-state index contributed by atoms with van der Waals surface area (Å²) >= 11 is 0. The molecule has 0 aliphatic carbocycles. The molecule has 6 N–H and O–H groups in total. The minimum Gasteiger partial charge on any atom is -0.756 e. The van der Waals surface area contributed by atoms with Crippen LogP contribution in [0.25, 0.3) is 0 Å². The van der Waals surface area contributed by atoms with Gasteiger partial charge in [0.2, 0.25) is 23.6 Å². The summed E-state index contributed by atoms with van der Waals surface area (Å²) in [7, 11) is -9.89. The summed E-state index contributed by atoms with van der Waals surface area (Å²) in [5.74, 6) is -2.36. The van der Waals surface area contributed by atoms with Crippen molar-refractivity contribution >= 4 is 51.2 Å². The van der Waals surface area contributed by atoms with Gasteiger partial charge in [-0.05, 0) is 116 Å². The topological polar surface area (TPSA) is 345 Å². The van der Waals surface area contributed by atoms with Gasteiger partial charge in [-0.3, -0.25) is 37.9 Å². The molecule has 28 heteroatoms. The van der Waals surface area contributed by atoms with Crippen LogP contribution in [0, 0.1) is 0 Å². The van der Waals surface area contributed by atoms with E-state index >= 15 is 0 Å². The standard InChI is InChI=1S/C82H156N4O20P2.2Na/c1-7-13-19-25-27-29-31-37-47-55-81(93)105-75(51-43-35-23-17-11-5)65-79(91)85-71(67-99-61-57-73(87)49-41-33-21-15-9-3)69-103-107(95,96)101-63-59-83-77(89)53-45-39-40-46-54-78(90)84-60-64-102-108(97,98)104-70-72(68-100-62-58-74(88)50-42-34-22-16-10-4)86-80(92)66-76(52-44-36-24-18-12-6)106-82(94)56-48-38-32-30-28-26-20-14-8-2;;/h29-32,71-76,87-88H,7-28,33-70H2,1-6H3,(H,83,89)(H,84,90)(H,85,91)(H,86,92)(H,95,96)(H,97,98);;/q;2*+1/p-2/b31-29-,32-30-;;/t71?,72?,73?,74?,75-,76-;;/m1../s1. The van der Waals surface area contributed by atoms with Crippen LogP contribution in [-0.2, 0) is 74.9 Å². The Morgan fingerprint density at radius 3 is 0.982 bits per heavy atom. The first-order valence-corrected chi connectivity index (χ1v) is 45.7. The van der Waals surface area contributed by atoms with Crippen molar-refractivity contribution in [2.75, 3.05) is 65.9 Å². The Balaban J connectivity index is -0.0000572. The number of aliphatic hydroxyl groups is 2. The van der Waals surface area contributed by atoms with Crippen LogP contribution in [0.5, 0.6) is 0 Å². The van der Waals surface area contributed by atoms with Crippen molar-refractivity contribution in [3.05, 3.63) is 24.3 Å². The van der Waals surface area contributed by atoms with Gasteiger partial charge in [0.1, 0.15) is 12.2 Å². The molecule has 0 aliphatic heterocycles. The number of allylic oxidation sites excluding steroid dienone is 4. The van der Waals surface area contributed by atoms with Gasteiger partial charge in [-0.15, -0.1) is 0 Å². The quantitative estimate of drug-likeness (QED) is 0.0108. The molecule has 0 heterocycles. The molecular weight excluding hydrogens is 1470 g/mol. The van der Waals surface area contributed by atoms with Crippen LogP contribution in [0.15, 0.2) is 24.3 Å². The first kappa shape index (κ1) is 113. The van der Waals surface area contributed by atoms with Crippen molar-refractivity contribution < 1.29 is 154 Å². The fourth-order valence-corrected chi connectivity index (χ4v) is 13.6. The van der Waals surface area contributed by atoms with Crippen molar-refractivity contribution in [2.24, 2.45) is 0 Å². The van der Waals surface area contributed by atoms with Gasteiger partial charge in [0.25, 0.3) is 15.6 Å². The SMILES string of the molecule is CCCCCC/C=C\CCCC(=O)O[C@H](CCCCCCC)CC(=O)NC(COCCC(O)CCCCCCC)COP(=O)([O-])OCCNC(=O)CCCCCCC(=O)NCCOP(=O)([O-])OCC(COCCC(O)CCCCCCC)NC(=O)C[C@@H](CCCCCCC)OC(=O)CCC/C=C\CCCCCC.[Na+].[Na+]. The summed E-state index contributed by atoms with van der Waals surface area (Å²) in [5.41, 5.74) is 0. The Morgan fingerprint density at radius 1 is 0.345 bits per heavy atom. The second-order valence-corrected chi connectivity index (χ2v) is 32.0. The monoisotopic (exact) mass is 1620 g/mol. The average Bonchev–Trinajstić information content (AvgIpc) is 0.905. The fraction of sp³-hybridized carbons (Fsp3) is 0.878. The Labute approximate surface area is 710 Å². The van der Waals surface area contributed by atoms with Crippen LogP contribution in [0.4, 0.5) is 0 Å². The molecule has 0 bridgehead atoms. The van der Waals surface area contributed by atoms with Crippen LogP contribution in [-0.4, -0.2) is 148 Å². The number of unbranched alkanes of at least 4 members (excludes halogenated alkanes) is 29. The van der Waals surface area contributed by atoms with Gasteiger partial charge in [-0.25, -0.2) is 0 Å². The van der Waals surface area contributed by atoms with E-state index in [-0.39, 0.29) is 161 Å². The van der Waals surface area contributed by atoms with Crippen LogP contribution in [0.1, 0.15) is 363 Å². The molecule has 634 valence electrons. The summed E-state index contributed by atoms with van der Waals surface area (Å²) in [6, 6.07) is -1.89. The van der Waals surface area contributed by atoms with Crippen LogP contribution in [0.3, 0.4) is 0 Å². The van der Waals surface area contributed by atoms with E-state index in [1.54, 1.807) is 0 Å². The van der Waals surface area contributed by atoms with E-state index in [0.717, 1.165) is 167 Å². The first-order valence-electron chi connectivity index (χ1n) is 42.7. The molecule has 110 heavy (non-hydrogen) atoms. The number of carbonyl (C=O) groups excluding carboxylic acids is 6. The number of phosphoric ester groups is 2. The van der Waals surface area contributed by atoms with Crippen molar-refractivity contribution in [2.45, 2.75) is 399 Å². The summed E-state index contributed by atoms with van der Waals surface area (Å²) in [6.45, 7) is 10.8. The Morgan fingerprint density at radius 2 is 0.645 bits per heavy atom. The van der Waals surface area contributed by atoms with Gasteiger partial charge in [0.15, 0.2) is 0 Å². The Hall–Kier alpha value is -1.64. The number of carbonyl (C=O) groups is 6. The number of hydrogen-bond acceptors (Lipinski definition) is 20. The fourth-order valence-electron chi connectivity index (χ4n) is 12.1. The van der Waals surface area contributed by atoms with Gasteiger partial charge < -0.3 is 78.3 Å². The van der Waals surface area contributed by atoms with Crippen molar-refractivity contribution in [1.82, 2.24) is 21.3 Å². The van der Waals surface area contributed by atoms with E-state index in [2.05, 4.69) is 87.1 Å². The molecule has 0 radical (unpaired) electrons. The van der Waals surface area contributed by atoms with Crippen molar-refractivity contribution in [1.29, 1.82) is 0 Å². The molecule has 0 saturated carbocycles. The third-order valence-electron chi connectivity index (χ3n) is 18.6. The van der Waals surface area contributed by atoms with Crippen molar-refractivity contribution in [3.63, 3.8) is 0 Å². The number of rotatable bonds is 81. The van der Waals surface area contributed by atoms with Gasteiger partial charge >= 0.3 is 71.1 Å². The van der Waals surface area contributed by atoms with E-state index in [9.17, 15) is 57.9 Å². The number of phosphoric acid groups is 2. The van der Waals surface area contributed by atoms with Gasteiger partial charge in [-0.2, -0.15) is 0 Å². The van der Waals surface area contributed by atoms with Gasteiger partial charge in [0.05, 0.1) is 76.8 Å². The van der Waals surface area contributed by atoms with E-state index in [1.165, 1.54) is 38.5 Å². The molecule has 0 rings (SSSR count). The largest absolute Gasteiger partial charge is 1.00 e.